The molecule has 1 aromatic carbocycles. The highest BCUT2D eigenvalue weighted by Crippen LogP contribution is 2.28. The molecule has 2 rings (SSSR count). The first-order chi connectivity index (χ1) is 9.97. The average molecular weight is 353 g/mol. The van der Waals surface area contributed by atoms with Crippen LogP contribution in [-0.4, -0.2) is 22.8 Å². The minimum atomic E-state index is -0.292. The number of methoxy groups -OCH3 is 1. The summed E-state index contributed by atoms with van der Waals surface area (Å²) in [7, 11) is 3.29. The first kappa shape index (κ1) is 15.4. The first-order valence-corrected chi connectivity index (χ1v) is 7.23. The highest BCUT2D eigenvalue weighted by atomic mass is 79.9. The number of nitrogens with one attached hydrogen (secondary N) is 1. The summed E-state index contributed by atoms with van der Waals surface area (Å²) in [4.78, 5) is 12.4. The van der Waals surface area contributed by atoms with Crippen molar-refractivity contribution in [2.24, 2.45) is 7.05 Å². The number of rotatable bonds is 4. The van der Waals surface area contributed by atoms with Gasteiger partial charge in [-0.3, -0.25) is 9.48 Å². The number of anilines is 2. The highest BCUT2D eigenvalue weighted by molar-refractivity contribution is 9.10. The molecule has 21 heavy (non-hydrogen) atoms. The van der Waals surface area contributed by atoms with Gasteiger partial charge in [0, 0.05) is 12.7 Å². The van der Waals surface area contributed by atoms with Crippen LogP contribution in [0.25, 0.3) is 0 Å². The van der Waals surface area contributed by atoms with Crippen LogP contribution in [0.15, 0.2) is 22.7 Å². The van der Waals surface area contributed by atoms with Gasteiger partial charge in [0.05, 0.1) is 23.0 Å². The number of nitrogens with zero attached hydrogens (tertiary/aromatic N) is 2. The van der Waals surface area contributed by atoms with Crippen LogP contribution in [-0.2, 0) is 13.5 Å². The molecule has 1 heterocycles. The maximum atomic E-state index is 12.4. The smallest absolute Gasteiger partial charge is 0.276 e. The Labute approximate surface area is 131 Å². The molecule has 0 aliphatic rings. The summed E-state index contributed by atoms with van der Waals surface area (Å²) in [6, 6.07) is 5.29. The molecule has 0 bridgehead atoms. The topological polar surface area (TPSA) is 82.2 Å². The third-order valence-electron chi connectivity index (χ3n) is 3.12. The van der Waals surface area contributed by atoms with Gasteiger partial charge in [0.15, 0.2) is 0 Å². The Morgan fingerprint density at radius 1 is 1.52 bits per heavy atom. The van der Waals surface area contributed by atoms with Crippen LogP contribution in [0.4, 0.5) is 11.4 Å². The molecule has 0 spiro atoms. The average Bonchev–Trinajstić information content (AvgIpc) is 2.73. The van der Waals surface area contributed by atoms with Crippen molar-refractivity contribution in [1.82, 2.24) is 9.78 Å². The Bertz CT molecular complexity index is 682. The first-order valence-electron chi connectivity index (χ1n) is 6.44. The van der Waals surface area contributed by atoms with E-state index in [-0.39, 0.29) is 5.91 Å². The second kappa shape index (κ2) is 6.17. The van der Waals surface area contributed by atoms with Gasteiger partial charge in [-0.25, -0.2) is 0 Å². The summed E-state index contributed by atoms with van der Waals surface area (Å²) >= 11 is 3.38. The fraction of sp³-hybridized carbons (Fsp3) is 0.286. The van der Waals surface area contributed by atoms with E-state index in [4.69, 9.17) is 10.5 Å². The van der Waals surface area contributed by atoms with E-state index >= 15 is 0 Å². The van der Waals surface area contributed by atoms with Crippen LogP contribution in [0.3, 0.4) is 0 Å². The number of aromatic nitrogens is 2. The van der Waals surface area contributed by atoms with Gasteiger partial charge in [-0.1, -0.05) is 6.92 Å². The van der Waals surface area contributed by atoms with Gasteiger partial charge in [0.25, 0.3) is 5.91 Å². The van der Waals surface area contributed by atoms with Crippen LogP contribution < -0.4 is 15.8 Å². The van der Waals surface area contributed by atoms with Gasteiger partial charge < -0.3 is 15.8 Å². The zero-order valence-corrected chi connectivity index (χ0v) is 13.7. The molecule has 0 saturated heterocycles. The lowest BCUT2D eigenvalue weighted by atomic mass is 10.2. The van der Waals surface area contributed by atoms with Crippen molar-refractivity contribution in [3.63, 3.8) is 0 Å². The number of hydrogen-bond acceptors (Lipinski definition) is 4. The summed E-state index contributed by atoms with van der Waals surface area (Å²) in [6.45, 7) is 1.95. The lowest BCUT2D eigenvalue weighted by molar-refractivity contribution is 0.101. The quantitative estimate of drug-likeness (QED) is 0.885. The molecule has 112 valence electrons. The molecule has 2 aromatic rings. The molecular formula is C14H17BrN4O2. The SMILES string of the molecule is CCc1nn(C)c(C(=O)Nc2ccc(OC)c(Br)c2)c1N. The van der Waals surface area contributed by atoms with Crippen molar-refractivity contribution >= 4 is 33.2 Å². The molecule has 0 radical (unpaired) electrons. The Balaban J connectivity index is 2.26. The number of benzene rings is 1. The van der Waals surface area contributed by atoms with Crippen molar-refractivity contribution in [3.8, 4) is 5.75 Å². The molecule has 3 N–H and O–H groups in total. The predicted molar refractivity (Wildman–Crippen MR) is 85.6 cm³/mol. The number of aryl methyl sites for hydroxylation is 2. The highest BCUT2D eigenvalue weighted by Gasteiger charge is 2.19. The molecule has 0 aliphatic carbocycles. The van der Waals surface area contributed by atoms with Crippen molar-refractivity contribution < 1.29 is 9.53 Å². The molecule has 7 heteroatoms. The summed E-state index contributed by atoms with van der Waals surface area (Å²) in [5.74, 6) is 0.403. The van der Waals surface area contributed by atoms with Gasteiger partial charge >= 0.3 is 0 Å². The van der Waals surface area contributed by atoms with Crippen LogP contribution in [0.2, 0.25) is 0 Å². The molecule has 1 aromatic heterocycles. The summed E-state index contributed by atoms with van der Waals surface area (Å²) in [5, 5.41) is 7.04. The van der Waals surface area contributed by atoms with Gasteiger partial charge in [-0.15, -0.1) is 0 Å². The molecule has 0 saturated carbocycles. The number of ether oxygens (including phenoxy) is 1. The number of halogens is 1. The number of amides is 1. The maximum Gasteiger partial charge on any atom is 0.276 e. The van der Waals surface area contributed by atoms with E-state index in [0.29, 0.717) is 29.2 Å². The molecule has 0 aliphatic heterocycles. The number of hydrogen-bond donors (Lipinski definition) is 2. The Morgan fingerprint density at radius 3 is 2.76 bits per heavy atom. The van der Waals surface area contributed by atoms with E-state index in [1.807, 2.05) is 6.92 Å². The molecule has 0 unspecified atom stereocenters. The number of nitrogens with two attached hydrogens (primary N) is 1. The summed E-state index contributed by atoms with van der Waals surface area (Å²) < 4.78 is 7.41. The van der Waals surface area contributed by atoms with E-state index in [9.17, 15) is 4.79 Å². The van der Waals surface area contributed by atoms with E-state index in [1.54, 1.807) is 32.4 Å². The minimum Gasteiger partial charge on any atom is -0.496 e. The molecule has 0 atom stereocenters. The van der Waals surface area contributed by atoms with Gasteiger partial charge in [-0.05, 0) is 40.5 Å². The van der Waals surface area contributed by atoms with Crippen molar-refractivity contribution in [2.45, 2.75) is 13.3 Å². The van der Waals surface area contributed by atoms with Crippen LogP contribution in [0.5, 0.6) is 5.75 Å². The van der Waals surface area contributed by atoms with E-state index in [2.05, 4.69) is 26.3 Å². The van der Waals surface area contributed by atoms with E-state index < -0.39 is 0 Å². The largest absolute Gasteiger partial charge is 0.496 e. The fourth-order valence-corrected chi connectivity index (χ4v) is 2.60. The second-order valence-electron chi connectivity index (χ2n) is 4.49. The molecule has 0 fully saturated rings. The van der Waals surface area contributed by atoms with E-state index in [0.717, 1.165) is 10.2 Å². The monoisotopic (exact) mass is 352 g/mol. The summed E-state index contributed by atoms with van der Waals surface area (Å²) in [6.07, 6.45) is 0.682. The normalized spacial score (nSPS) is 10.5. The predicted octanol–water partition coefficient (Wildman–Crippen LogP) is 2.59. The number of carbonyl (C=O) groups is 1. The molecular weight excluding hydrogens is 336 g/mol. The van der Waals surface area contributed by atoms with Gasteiger partial charge in [-0.2, -0.15) is 5.10 Å². The van der Waals surface area contributed by atoms with Gasteiger partial charge in [0.2, 0.25) is 0 Å². The van der Waals surface area contributed by atoms with E-state index in [1.165, 1.54) is 4.68 Å². The van der Waals surface area contributed by atoms with Crippen molar-refractivity contribution in [1.29, 1.82) is 0 Å². The van der Waals surface area contributed by atoms with Crippen LogP contribution in [0, 0.1) is 0 Å². The minimum absolute atomic E-state index is 0.292. The third-order valence-corrected chi connectivity index (χ3v) is 3.74. The molecule has 1 amide bonds. The standard InChI is InChI=1S/C14H17BrN4O2/c1-4-10-12(16)13(19(2)18-10)14(20)17-8-5-6-11(21-3)9(15)7-8/h5-7H,4,16H2,1-3H3,(H,17,20). The van der Waals surface area contributed by atoms with Gasteiger partial charge in [0.1, 0.15) is 11.4 Å². The Kier molecular flexibility index (Phi) is 4.52. The second-order valence-corrected chi connectivity index (χ2v) is 5.34. The Morgan fingerprint density at radius 2 is 2.24 bits per heavy atom. The Hall–Kier alpha value is -2.02. The lowest BCUT2D eigenvalue weighted by Gasteiger charge is -2.09. The summed E-state index contributed by atoms with van der Waals surface area (Å²) in [5.41, 5.74) is 8.12. The maximum absolute atomic E-state index is 12.4. The fourth-order valence-electron chi connectivity index (χ4n) is 2.06. The van der Waals surface area contributed by atoms with Crippen LogP contribution in [0.1, 0.15) is 23.1 Å². The number of nitrogen functional groups attached to an aromatic ring is 1. The van der Waals surface area contributed by atoms with Crippen LogP contribution >= 0.6 is 15.9 Å². The number of carbonyl (C=O) groups excluding carboxylic acids is 1. The third kappa shape index (κ3) is 3.02. The zero-order chi connectivity index (χ0) is 15.6. The lowest BCUT2D eigenvalue weighted by Crippen LogP contribution is -2.17. The van der Waals surface area contributed by atoms with Crippen molar-refractivity contribution in [3.05, 3.63) is 34.1 Å². The zero-order valence-electron chi connectivity index (χ0n) is 12.1. The van der Waals surface area contributed by atoms with Crippen molar-refractivity contribution in [2.75, 3.05) is 18.2 Å². The molecule has 6 nitrogen and oxygen atoms in total.